The summed E-state index contributed by atoms with van der Waals surface area (Å²) in [6.45, 7) is 0.543. The second-order valence-electron chi connectivity index (χ2n) is 5.23. The third kappa shape index (κ3) is 4.47. The zero-order chi connectivity index (χ0) is 20.1. The molecule has 0 saturated carbocycles. The van der Waals surface area contributed by atoms with Crippen molar-refractivity contribution in [3.63, 3.8) is 0 Å². The molecule has 3 aromatic rings. The maximum atomic E-state index is 13.3. The number of benzene rings is 1. The topological polar surface area (TPSA) is 164 Å². The number of rotatable bonds is 7. The number of carbonyl (C=O) groups is 1. The second-order valence-corrected chi connectivity index (χ2v) is 6.09. The Hall–Kier alpha value is -3.39. The Morgan fingerprint density at radius 1 is 1.39 bits per heavy atom. The first-order chi connectivity index (χ1) is 13.5. The third-order valence-corrected chi connectivity index (χ3v) is 3.96. The number of aromatic carboxylic acids is 1. The van der Waals surface area contributed by atoms with Crippen molar-refractivity contribution in [3.05, 3.63) is 46.1 Å². The molecule has 14 heteroatoms. The average Bonchev–Trinajstić information content (AvgIpc) is 3.32. The van der Waals surface area contributed by atoms with Crippen molar-refractivity contribution in [2.75, 3.05) is 11.9 Å². The third-order valence-electron chi connectivity index (χ3n) is 3.35. The number of hydroxylamine groups is 1. The molecule has 28 heavy (non-hydrogen) atoms. The van der Waals surface area contributed by atoms with Gasteiger partial charge in [0.1, 0.15) is 5.82 Å². The summed E-state index contributed by atoms with van der Waals surface area (Å²) < 4.78 is 19.5. The summed E-state index contributed by atoms with van der Waals surface area (Å²) in [4.78, 5) is 14.9. The van der Waals surface area contributed by atoms with Gasteiger partial charge in [0, 0.05) is 6.54 Å². The van der Waals surface area contributed by atoms with Gasteiger partial charge in [0.05, 0.1) is 22.9 Å². The fourth-order valence-corrected chi connectivity index (χ4v) is 2.44. The van der Waals surface area contributed by atoms with Crippen molar-refractivity contribution in [3.8, 4) is 0 Å². The standard InChI is InChI=1S/C14H12BrFN8O4/c15-8-5-7(1-2-9(8)16)18-13(20-27)11-12(22-28-21-11)17-3-4-24-6-10(14(25)26)19-23-24/h1-2,5-6,27H,3-4H2,(H,17,22)(H,18,20)(H,25,26). The number of amidine groups is 1. The molecule has 0 radical (unpaired) electrons. The molecular formula is C14H12BrFN8O4. The number of nitrogens with one attached hydrogen (secondary N) is 2. The number of hydrogen-bond donors (Lipinski definition) is 4. The van der Waals surface area contributed by atoms with Gasteiger partial charge in [-0.2, -0.15) is 0 Å². The molecule has 0 aliphatic rings. The molecule has 0 bridgehead atoms. The van der Waals surface area contributed by atoms with E-state index in [1.54, 1.807) is 0 Å². The van der Waals surface area contributed by atoms with Crippen molar-refractivity contribution in [2.45, 2.75) is 6.54 Å². The molecule has 0 unspecified atom stereocenters. The summed E-state index contributed by atoms with van der Waals surface area (Å²) in [5.41, 5.74) is 2.14. The lowest BCUT2D eigenvalue weighted by molar-refractivity contribution is 0.0690. The molecule has 146 valence electrons. The zero-order valence-corrected chi connectivity index (χ0v) is 15.5. The Morgan fingerprint density at radius 2 is 2.21 bits per heavy atom. The van der Waals surface area contributed by atoms with Crippen LogP contribution in [0.25, 0.3) is 0 Å². The van der Waals surface area contributed by atoms with Crippen LogP contribution in [-0.4, -0.2) is 54.0 Å². The maximum absolute atomic E-state index is 13.3. The summed E-state index contributed by atoms with van der Waals surface area (Å²) in [5, 5.41) is 35.6. The highest BCUT2D eigenvalue weighted by Crippen LogP contribution is 2.23. The molecule has 4 N–H and O–H groups in total. The van der Waals surface area contributed by atoms with Crippen molar-refractivity contribution in [1.82, 2.24) is 30.8 Å². The van der Waals surface area contributed by atoms with E-state index >= 15 is 0 Å². The number of halogens is 2. The molecule has 12 nitrogen and oxygen atoms in total. The summed E-state index contributed by atoms with van der Waals surface area (Å²) >= 11 is 3.05. The Bertz CT molecular complexity index is 1020. The van der Waals surface area contributed by atoms with Crippen LogP contribution in [0.2, 0.25) is 0 Å². The van der Waals surface area contributed by atoms with E-state index in [-0.39, 0.29) is 40.6 Å². The highest BCUT2D eigenvalue weighted by atomic mass is 79.9. The monoisotopic (exact) mass is 454 g/mol. The minimum Gasteiger partial charge on any atom is -0.476 e. The van der Waals surface area contributed by atoms with Gasteiger partial charge in [0.15, 0.2) is 17.2 Å². The van der Waals surface area contributed by atoms with Gasteiger partial charge in [-0.05, 0) is 44.4 Å². The quantitative estimate of drug-likeness (QED) is 0.233. The van der Waals surface area contributed by atoms with Crippen LogP contribution >= 0.6 is 15.9 Å². The van der Waals surface area contributed by atoms with E-state index in [0.29, 0.717) is 5.69 Å². The maximum Gasteiger partial charge on any atom is 0.358 e. The molecule has 0 saturated heterocycles. The number of anilines is 1. The molecule has 0 atom stereocenters. The lowest BCUT2D eigenvalue weighted by Gasteiger charge is -2.06. The number of carboxylic acid groups (broad SMARTS) is 1. The van der Waals surface area contributed by atoms with Crippen LogP contribution in [-0.2, 0) is 6.54 Å². The first-order valence-corrected chi connectivity index (χ1v) is 8.41. The first-order valence-electron chi connectivity index (χ1n) is 7.62. The van der Waals surface area contributed by atoms with E-state index in [2.05, 4.69) is 51.5 Å². The Morgan fingerprint density at radius 3 is 2.89 bits per heavy atom. The SMILES string of the molecule is O=C(O)c1cn(CCNc2nonc2C(=Nc2ccc(F)c(Br)c2)NO)nn1. The van der Waals surface area contributed by atoms with Gasteiger partial charge in [-0.3, -0.25) is 10.7 Å². The number of carboxylic acids is 1. The summed E-state index contributed by atoms with van der Waals surface area (Å²) in [6, 6.07) is 4.03. The number of aliphatic imine (C=N–C) groups is 1. The van der Waals surface area contributed by atoms with Crippen LogP contribution in [0.5, 0.6) is 0 Å². The molecule has 2 aromatic heterocycles. The van der Waals surface area contributed by atoms with Crippen LogP contribution < -0.4 is 10.8 Å². The Labute approximate surface area is 164 Å². The van der Waals surface area contributed by atoms with E-state index < -0.39 is 11.8 Å². The van der Waals surface area contributed by atoms with E-state index in [1.807, 2.05) is 5.48 Å². The van der Waals surface area contributed by atoms with Crippen LogP contribution in [0.1, 0.15) is 16.2 Å². The van der Waals surface area contributed by atoms with Crippen LogP contribution in [0.15, 0.2) is 38.5 Å². The van der Waals surface area contributed by atoms with Gasteiger partial charge < -0.3 is 10.4 Å². The molecule has 0 spiro atoms. The molecule has 0 fully saturated rings. The minimum absolute atomic E-state index is 0.0766. The van der Waals surface area contributed by atoms with Crippen molar-refractivity contribution in [2.24, 2.45) is 4.99 Å². The fourth-order valence-electron chi connectivity index (χ4n) is 2.07. The molecule has 0 amide bonds. The summed E-state index contributed by atoms with van der Waals surface area (Å²) in [6.07, 6.45) is 1.28. The van der Waals surface area contributed by atoms with Gasteiger partial charge in [-0.1, -0.05) is 5.21 Å². The van der Waals surface area contributed by atoms with Crippen LogP contribution in [0, 0.1) is 5.82 Å². The van der Waals surface area contributed by atoms with E-state index in [9.17, 15) is 14.4 Å². The molecule has 1 aromatic carbocycles. The highest BCUT2D eigenvalue weighted by molar-refractivity contribution is 9.10. The molecule has 2 heterocycles. The highest BCUT2D eigenvalue weighted by Gasteiger charge is 2.17. The summed E-state index contributed by atoms with van der Waals surface area (Å²) in [5.74, 6) is -1.55. The molecule has 0 aliphatic carbocycles. The van der Waals surface area contributed by atoms with Crippen molar-refractivity contribution >= 4 is 39.2 Å². The van der Waals surface area contributed by atoms with Gasteiger partial charge in [-0.15, -0.1) is 5.10 Å². The number of nitrogens with zero attached hydrogens (tertiary/aromatic N) is 6. The van der Waals surface area contributed by atoms with E-state index in [1.165, 1.54) is 29.1 Å². The molecule has 3 rings (SSSR count). The van der Waals surface area contributed by atoms with Gasteiger partial charge in [-0.25, -0.2) is 23.5 Å². The fraction of sp³-hybridized carbons (Fsp3) is 0.143. The predicted molar refractivity (Wildman–Crippen MR) is 95.0 cm³/mol. The number of hydrogen-bond acceptors (Lipinski definition) is 9. The predicted octanol–water partition coefficient (Wildman–Crippen LogP) is 1.43. The lowest BCUT2D eigenvalue weighted by Crippen LogP contribution is -2.22. The Balaban J connectivity index is 1.71. The largest absolute Gasteiger partial charge is 0.476 e. The van der Waals surface area contributed by atoms with Crippen molar-refractivity contribution in [1.29, 1.82) is 0 Å². The average molecular weight is 455 g/mol. The zero-order valence-electron chi connectivity index (χ0n) is 13.9. The molecule has 0 aliphatic heterocycles. The lowest BCUT2D eigenvalue weighted by atomic mass is 10.3. The van der Waals surface area contributed by atoms with Gasteiger partial charge in [0.25, 0.3) is 0 Å². The van der Waals surface area contributed by atoms with Crippen LogP contribution in [0.3, 0.4) is 0 Å². The van der Waals surface area contributed by atoms with E-state index in [0.717, 1.165) is 0 Å². The number of aromatic nitrogens is 5. The minimum atomic E-state index is -1.18. The summed E-state index contributed by atoms with van der Waals surface area (Å²) in [7, 11) is 0. The van der Waals surface area contributed by atoms with Gasteiger partial charge in [0.2, 0.25) is 5.82 Å². The Kier molecular flexibility index (Phi) is 5.90. The molecular weight excluding hydrogens is 443 g/mol. The smallest absolute Gasteiger partial charge is 0.358 e. The first kappa shape index (κ1) is 19.4. The van der Waals surface area contributed by atoms with Crippen LogP contribution in [0.4, 0.5) is 15.9 Å². The van der Waals surface area contributed by atoms with Crippen molar-refractivity contribution < 1.29 is 24.1 Å². The normalized spacial score (nSPS) is 11.5. The second kappa shape index (κ2) is 8.53. The van der Waals surface area contributed by atoms with Gasteiger partial charge >= 0.3 is 5.97 Å². The van der Waals surface area contributed by atoms with E-state index in [4.69, 9.17) is 5.11 Å².